The highest BCUT2D eigenvalue weighted by Crippen LogP contribution is 2.10. The average Bonchev–Trinajstić information content (AvgIpc) is 1.84. The van der Waals surface area contributed by atoms with E-state index >= 15 is 0 Å². The van der Waals surface area contributed by atoms with Gasteiger partial charge in [-0.25, -0.2) is 0 Å². The van der Waals surface area contributed by atoms with Gasteiger partial charge < -0.3 is 0 Å². The fraction of sp³-hybridized carbons (Fsp3) is 0. The molecule has 10 heavy (non-hydrogen) atoms. The highest BCUT2D eigenvalue weighted by molar-refractivity contribution is 6.86. The summed E-state index contributed by atoms with van der Waals surface area (Å²) in [6, 6.07) is 0. The maximum atomic E-state index is 10.6. The van der Waals surface area contributed by atoms with Gasteiger partial charge in [0.2, 0.25) is 5.78 Å². The van der Waals surface area contributed by atoms with E-state index in [0.29, 0.717) is 0 Å². The van der Waals surface area contributed by atoms with Crippen LogP contribution in [-0.4, -0.2) is 16.9 Å². The van der Waals surface area contributed by atoms with Gasteiger partial charge in [-0.1, -0.05) is 23.2 Å². The first-order valence-electron chi connectivity index (χ1n) is 2.31. The number of hydrogen-bond donors (Lipinski definition) is 0. The maximum Gasteiger partial charge on any atom is 0.290 e. The van der Waals surface area contributed by atoms with Gasteiger partial charge in [-0.2, -0.15) is 4.99 Å². The van der Waals surface area contributed by atoms with Gasteiger partial charge >= 0.3 is 0 Å². The van der Waals surface area contributed by atoms with Crippen LogP contribution < -0.4 is 0 Å². The molecule has 5 heteroatoms. The third-order valence-corrected chi connectivity index (χ3v) is 1.41. The summed E-state index contributed by atoms with van der Waals surface area (Å²) < 4.78 is 0. The van der Waals surface area contributed by atoms with E-state index in [1.807, 2.05) is 0 Å². The fourth-order valence-electron chi connectivity index (χ4n) is 0.434. The molecule has 0 radical (unpaired) electrons. The molecule has 0 aromatic heterocycles. The van der Waals surface area contributed by atoms with Gasteiger partial charge in [0.05, 0.1) is 0 Å². The van der Waals surface area contributed by atoms with Gasteiger partial charge in [0.25, 0.3) is 5.91 Å². The third-order valence-electron chi connectivity index (χ3n) is 0.865. The molecular weight excluding hydrogens is 177 g/mol. The van der Waals surface area contributed by atoms with Crippen molar-refractivity contribution in [2.75, 3.05) is 0 Å². The van der Waals surface area contributed by atoms with Gasteiger partial charge in [-0.05, 0) is 0 Å². The van der Waals surface area contributed by atoms with Crippen LogP contribution in [0.15, 0.2) is 16.1 Å². The van der Waals surface area contributed by atoms with Crippen LogP contribution in [0, 0.1) is 0 Å². The third kappa shape index (κ3) is 1.25. The summed E-state index contributed by atoms with van der Waals surface area (Å²) in [5, 5.41) is -0.538. The Morgan fingerprint density at radius 2 is 1.90 bits per heavy atom. The number of carbonyl (C=O) groups is 2. The van der Waals surface area contributed by atoms with Crippen molar-refractivity contribution in [1.82, 2.24) is 0 Å². The van der Waals surface area contributed by atoms with Crippen molar-refractivity contribution in [2.24, 2.45) is 4.99 Å². The minimum atomic E-state index is -0.675. The topological polar surface area (TPSA) is 46.5 Å². The fourth-order valence-corrected chi connectivity index (χ4v) is 0.707. The van der Waals surface area contributed by atoms with E-state index in [0.717, 1.165) is 6.08 Å². The quantitative estimate of drug-likeness (QED) is 0.552. The summed E-state index contributed by atoms with van der Waals surface area (Å²) in [6.07, 6.45) is 0.944. The van der Waals surface area contributed by atoms with Crippen molar-refractivity contribution in [2.45, 2.75) is 0 Å². The Balaban J connectivity index is 3.03. The molecule has 0 saturated carbocycles. The largest absolute Gasteiger partial charge is 0.290 e. The lowest BCUT2D eigenvalue weighted by molar-refractivity contribution is -0.115. The van der Waals surface area contributed by atoms with E-state index in [2.05, 4.69) is 4.99 Å². The molecule has 1 aliphatic heterocycles. The van der Waals surface area contributed by atoms with Gasteiger partial charge in [0.15, 0.2) is 5.17 Å². The SMILES string of the molecule is O=C1C=C(Cl)C(=O)N=C1Cl. The van der Waals surface area contributed by atoms with Crippen molar-refractivity contribution >= 4 is 40.1 Å². The molecule has 52 valence electrons. The van der Waals surface area contributed by atoms with Crippen LogP contribution in [0.2, 0.25) is 0 Å². The predicted molar refractivity (Wildman–Crippen MR) is 37.2 cm³/mol. The van der Waals surface area contributed by atoms with E-state index in [1.54, 1.807) is 0 Å². The number of hydrogen-bond acceptors (Lipinski definition) is 2. The smallest absolute Gasteiger partial charge is 0.286 e. The number of nitrogens with zero attached hydrogens (tertiary/aromatic N) is 1. The molecule has 0 spiro atoms. The molecule has 1 aliphatic rings. The summed E-state index contributed by atoms with van der Waals surface area (Å²) >= 11 is 10.5. The van der Waals surface area contributed by atoms with Crippen molar-refractivity contribution in [3.05, 3.63) is 11.1 Å². The Labute approximate surface area is 66.3 Å². The number of ketones is 1. The minimum Gasteiger partial charge on any atom is -0.286 e. The molecule has 0 bridgehead atoms. The molecule has 0 aromatic carbocycles. The summed E-state index contributed by atoms with van der Waals surface area (Å²) in [6.45, 7) is 0. The second kappa shape index (κ2) is 2.52. The Morgan fingerprint density at radius 3 is 2.40 bits per heavy atom. The Bertz CT molecular complexity index is 239. The molecule has 0 N–H and O–H groups in total. The first kappa shape index (κ1) is 7.44. The van der Waals surface area contributed by atoms with Crippen LogP contribution >= 0.6 is 23.2 Å². The van der Waals surface area contributed by atoms with Crippen molar-refractivity contribution in [1.29, 1.82) is 0 Å². The van der Waals surface area contributed by atoms with E-state index in [-0.39, 0.29) is 10.2 Å². The number of carbonyl (C=O) groups excluding carboxylic acids is 2. The molecule has 1 heterocycles. The van der Waals surface area contributed by atoms with Gasteiger partial charge in [-0.15, -0.1) is 0 Å². The normalized spacial score (nSPS) is 18.6. The number of rotatable bonds is 0. The number of allylic oxidation sites excluding steroid dienone is 1. The van der Waals surface area contributed by atoms with Gasteiger partial charge in [0, 0.05) is 6.08 Å². The lowest BCUT2D eigenvalue weighted by atomic mass is 10.3. The van der Waals surface area contributed by atoms with Crippen LogP contribution in [0.1, 0.15) is 0 Å². The molecule has 0 unspecified atom stereocenters. The second-order valence-corrected chi connectivity index (χ2v) is 2.33. The first-order valence-corrected chi connectivity index (χ1v) is 3.07. The summed E-state index contributed by atoms with van der Waals surface area (Å²) in [7, 11) is 0. The molecule has 0 saturated heterocycles. The number of dihydropyridines is 1. The van der Waals surface area contributed by atoms with Crippen LogP contribution in [0.25, 0.3) is 0 Å². The predicted octanol–water partition coefficient (Wildman–Crippen LogP) is 0.856. The molecule has 0 aromatic rings. The van der Waals surface area contributed by atoms with E-state index in [1.165, 1.54) is 0 Å². The number of halogens is 2. The molecule has 0 fully saturated rings. The molecule has 1 amide bonds. The second-order valence-electron chi connectivity index (χ2n) is 1.56. The highest BCUT2D eigenvalue weighted by atomic mass is 35.5. The molecule has 3 nitrogen and oxygen atoms in total. The van der Waals surface area contributed by atoms with Crippen LogP contribution in [0.4, 0.5) is 0 Å². The zero-order valence-electron chi connectivity index (χ0n) is 4.60. The van der Waals surface area contributed by atoms with Crippen molar-refractivity contribution < 1.29 is 9.59 Å². The zero-order valence-corrected chi connectivity index (χ0v) is 6.11. The average molecular weight is 178 g/mol. The molecule has 0 aliphatic carbocycles. The first-order chi connectivity index (χ1) is 4.61. The van der Waals surface area contributed by atoms with Crippen LogP contribution in [-0.2, 0) is 9.59 Å². The van der Waals surface area contributed by atoms with Gasteiger partial charge in [0.1, 0.15) is 5.03 Å². The molecular formula is C5HCl2NO2. The van der Waals surface area contributed by atoms with Gasteiger partial charge in [-0.3, -0.25) is 9.59 Å². The zero-order chi connectivity index (χ0) is 7.72. The van der Waals surface area contributed by atoms with Crippen LogP contribution in [0.5, 0.6) is 0 Å². The van der Waals surface area contributed by atoms with E-state index in [4.69, 9.17) is 23.2 Å². The molecule has 0 atom stereocenters. The Kier molecular flexibility index (Phi) is 1.87. The maximum absolute atomic E-state index is 10.6. The minimum absolute atomic E-state index is 0.200. The number of aliphatic imine (C=N–C) groups is 1. The standard InChI is InChI=1S/C5HCl2NO2/c6-2-1-3(9)4(7)8-5(2)10/h1H. The van der Waals surface area contributed by atoms with E-state index in [9.17, 15) is 9.59 Å². The van der Waals surface area contributed by atoms with Crippen molar-refractivity contribution in [3.8, 4) is 0 Å². The summed E-state index contributed by atoms with van der Waals surface area (Å²) in [4.78, 5) is 24.2. The number of amides is 1. The van der Waals surface area contributed by atoms with Crippen LogP contribution in [0.3, 0.4) is 0 Å². The highest BCUT2D eigenvalue weighted by Gasteiger charge is 2.18. The monoisotopic (exact) mass is 177 g/mol. The Morgan fingerprint density at radius 1 is 1.30 bits per heavy atom. The summed E-state index contributed by atoms with van der Waals surface area (Å²) in [5.74, 6) is -1.21. The molecule has 1 rings (SSSR count). The lowest BCUT2D eigenvalue weighted by Gasteiger charge is -1.98. The Hall–Kier alpha value is -0.670. The lowest BCUT2D eigenvalue weighted by Crippen LogP contribution is -2.13. The summed E-state index contributed by atoms with van der Waals surface area (Å²) in [5.41, 5.74) is 0. The van der Waals surface area contributed by atoms with E-state index < -0.39 is 11.7 Å². The van der Waals surface area contributed by atoms with Crippen molar-refractivity contribution in [3.63, 3.8) is 0 Å².